The fourth-order valence-electron chi connectivity index (χ4n) is 3.19. The van der Waals surface area contributed by atoms with Crippen molar-refractivity contribution in [1.29, 1.82) is 0 Å². The van der Waals surface area contributed by atoms with Crippen molar-refractivity contribution in [2.45, 2.75) is 6.42 Å². The second kappa shape index (κ2) is 8.91. The molecule has 0 saturated carbocycles. The zero-order chi connectivity index (χ0) is 20.8. The summed E-state index contributed by atoms with van der Waals surface area (Å²) in [6.07, 6.45) is 2.40. The maximum Gasteiger partial charge on any atom is 0.251 e. The number of H-pyrrole nitrogens is 1. The largest absolute Gasteiger partial charge is 0.352 e. The molecule has 1 amide bonds. The van der Waals surface area contributed by atoms with Crippen LogP contribution in [0.5, 0.6) is 0 Å². The lowest BCUT2D eigenvalue weighted by Crippen LogP contribution is -2.26. The van der Waals surface area contributed by atoms with E-state index < -0.39 is 0 Å². The maximum atomic E-state index is 12.8. The van der Waals surface area contributed by atoms with E-state index in [1.807, 2.05) is 48.5 Å². The molecular formula is C23H19N5O2. The second-order valence-corrected chi connectivity index (χ2v) is 6.68. The van der Waals surface area contributed by atoms with E-state index in [1.54, 1.807) is 30.5 Å². The Morgan fingerprint density at radius 2 is 1.87 bits per heavy atom. The molecule has 2 N–H and O–H groups in total. The predicted molar refractivity (Wildman–Crippen MR) is 115 cm³/mol. The molecule has 30 heavy (non-hydrogen) atoms. The highest BCUT2D eigenvalue weighted by Gasteiger charge is 2.15. The van der Waals surface area contributed by atoms with Crippen LogP contribution in [0.3, 0.4) is 0 Å². The summed E-state index contributed by atoms with van der Waals surface area (Å²) in [4.78, 5) is 27.8. The van der Waals surface area contributed by atoms with Gasteiger partial charge in [0.05, 0.1) is 11.4 Å². The van der Waals surface area contributed by atoms with Crippen molar-refractivity contribution < 1.29 is 4.79 Å². The highest BCUT2D eigenvalue weighted by atomic mass is 16.3. The van der Waals surface area contributed by atoms with Gasteiger partial charge in [0.1, 0.15) is 5.69 Å². The van der Waals surface area contributed by atoms with Crippen molar-refractivity contribution in [2.24, 2.45) is 5.18 Å². The van der Waals surface area contributed by atoms with Gasteiger partial charge in [-0.1, -0.05) is 36.4 Å². The summed E-state index contributed by atoms with van der Waals surface area (Å²) < 4.78 is 0. The van der Waals surface area contributed by atoms with E-state index in [9.17, 15) is 9.70 Å². The average Bonchev–Trinajstić information content (AvgIpc) is 3.30. The van der Waals surface area contributed by atoms with Crippen molar-refractivity contribution in [3.05, 3.63) is 95.2 Å². The number of nitrogens with zero attached hydrogens (tertiary/aromatic N) is 3. The predicted octanol–water partition coefficient (Wildman–Crippen LogP) is 4.51. The Morgan fingerprint density at radius 1 is 1.00 bits per heavy atom. The summed E-state index contributed by atoms with van der Waals surface area (Å²) in [7, 11) is 0. The van der Waals surface area contributed by atoms with Gasteiger partial charge in [0, 0.05) is 41.5 Å². The third kappa shape index (κ3) is 4.30. The molecule has 0 bridgehead atoms. The standard InChI is InChI=1S/C23H19N5O2/c29-23(25-13-11-17-7-3-4-12-24-17)20-10-2-1-9-19(20)22-15-21(26-27-22)16-6-5-8-18(14-16)28-30/h1-10,12,14-15H,11,13H2,(H,25,29)(H,26,27). The van der Waals surface area contributed by atoms with Gasteiger partial charge in [-0.3, -0.25) is 14.9 Å². The van der Waals surface area contributed by atoms with Gasteiger partial charge in [-0.15, -0.1) is 4.91 Å². The summed E-state index contributed by atoms with van der Waals surface area (Å²) in [5.74, 6) is -0.162. The van der Waals surface area contributed by atoms with E-state index in [4.69, 9.17) is 0 Å². The number of amides is 1. The topological polar surface area (TPSA) is 100 Å². The van der Waals surface area contributed by atoms with Crippen molar-refractivity contribution in [3.8, 4) is 22.5 Å². The molecule has 0 atom stereocenters. The first-order chi connectivity index (χ1) is 14.7. The monoisotopic (exact) mass is 397 g/mol. The number of benzene rings is 2. The van der Waals surface area contributed by atoms with Crippen LogP contribution in [0.1, 0.15) is 16.1 Å². The Labute approximate surface area is 173 Å². The highest BCUT2D eigenvalue weighted by molar-refractivity contribution is 6.00. The Morgan fingerprint density at radius 3 is 2.70 bits per heavy atom. The molecule has 0 fully saturated rings. The fourth-order valence-corrected chi connectivity index (χ4v) is 3.19. The lowest BCUT2D eigenvalue weighted by Gasteiger charge is -2.09. The molecule has 2 aromatic carbocycles. The number of nitroso groups, excluding NO2 is 1. The first-order valence-corrected chi connectivity index (χ1v) is 9.51. The summed E-state index contributed by atoms with van der Waals surface area (Å²) >= 11 is 0. The maximum absolute atomic E-state index is 12.8. The molecule has 0 aliphatic heterocycles. The van der Waals surface area contributed by atoms with Gasteiger partial charge in [0.15, 0.2) is 0 Å². The van der Waals surface area contributed by atoms with Crippen LogP contribution in [0, 0.1) is 4.91 Å². The van der Waals surface area contributed by atoms with Gasteiger partial charge in [-0.25, -0.2) is 0 Å². The number of hydrogen-bond acceptors (Lipinski definition) is 5. The van der Waals surface area contributed by atoms with Crippen LogP contribution in [-0.2, 0) is 6.42 Å². The van der Waals surface area contributed by atoms with E-state index in [0.717, 1.165) is 16.8 Å². The first kappa shape index (κ1) is 19.2. The van der Waals surface area contributed by atoms with Crippen LogP contribution in [0.25, 0.3) is 22.5 Å². The van der Waals surface area contributed by atoms with E-state index in [1.165, 1.54) is 0 Å². The third-order valence-electron chi connectivity index (χ3n) is 4.68. The second-order valence-electron chi connectivity index (χ2n) is 6.68. The van der Waals surface area contributed by atoms with Gasteiger partial charge < -0.3 is 5.32 Å². The Hall–Kier alpha value is -4.13. The molecule has 0 unspecified atom stereocenters. The molecule has 0 spiro atoms. The van der Waals surface area contributed by atoms with Crippen LogP contribution in [0.4, 0.5) is 5.69 Å². The molecule has 0 radical (unpaired) electrons. The number of nitrogens with one attached hydrogen (secondary N) is 2. The van der Waals surface area contributed by atoms with E-state index in [0.29, 0.717) is 35.6 Å². The molecule has 0 aliphatic carbocycles. The van der Waals surface area contributed by atoms with Crippen molar-refractivity contribution >= 4 is 11.6 Å². The zero-order valence-electron chi connectivity index (χ0n) is 16.1. The number of aromatic amines is 1. The molecule has 0 aliphatic rings. The highest BCUT2D eigenvalue weighted by Crippen LogP contribution is 2.28. The third-order valence-corrected chi connectivity index (χ3v) is 4.68. The van der Waals surface area contributed by atoms with Gasteiger partial charge in [0.25, 0.3) is 5.91 Å². The fraction of sp³-hybridized carbons (Fsp3) is 0.0870. The lowest BCUT2D eigenvalue weighted by molar-refractivity contribution is 0.0954. The van der Waals surface area contributed by atoms with E-state index >= 15 is 0 Å². The average molecular weight is 397 g/mol. The smallest absolute Gasteiger partial charge is 0.251 e. The molecule has 2 heterocycles. The van der Waals surface area contributed by atoms with E-state index in [-0.39, 0.29) is 5.91 Å². The first-order valence-electron chi connectivity index (χ1n) is 9.51. The molecule has 2 aromatic heterocycles. The molecular weight excluding hydrogens is 378 g/mol. The van der Waals surface area contributed by atoms with Crippen LogP contribution in [-0.4, -0.2) is 27.6 Å². The van der Waals surface area contributed by atoms with Crippen molar-refractivity contribution in [1.82, 2.24) is 20.5 Å². The Balaban J connectivity index is 1.52. The minimum Gasteiger partial charge on any atom is -0.352 e. The van der Waals surface area contributed by atoms with E-state index in [2.05, 4.69) is 25.7 Å². The summed E-state index contributed by atoms with van der Waals surface area (Å²) in [6, 6.07) is 21.8. The van der Waals surface area contributed by atoms with Gasteiger partial charge >= 0.3 is 0 Å². The van der Waals surface area contributed by atoms with Gasteiger partial charge in [-0.05, 0) is 41.6 Å². The molecule has 148 valence electrons. The minimum atomic E-state index is -0.162. The minimum absolute atomic E-state index is 0.162. The number of rotatable bonds is 7. The van der Waals surface area contributed by atoms with Crippen LogP contribution in [0.2, 0.25) is 0 Å². The SMILES string of the molecule is O=Nc1cccc(-c2cc(-c3ccccc3C(=O)NCCc3ccccn3)[nH]n2)c1. The number of carbonyl (C=O) groups is 1. The molecule has 0 saturated heterocycles. The van der Waals surface area contributed by atoms with Crippen LogP contribution >= 0.6 is 0 Å². The van der Waals surface area contributed by atoms with Crippen LogP contribution < -0.4 is 5.32 Å². The molecule has 7 heteroatoms. The number of hydrogen-bond donors (Lipinski definition) is 2. The molecule has 4 rings (SSSR count). The van der Waals surface area contributed by atoms with Crippen molar-refractivity contribution in [3.63, 3.8) is 0 Å². The zero-order valence-corrected chi connectivity index (χ0v) is 16.1. The summed E-state index contributed by atoms with van der Waals surface area (Å²) in [5, 5.41) is 13.2. The molecule has 7 nitrogen and oxygen atoms in total. The Bertz CT molecular complexity index is 1170. The number of aromatic nitrogens is 3. The lowest BCUT2D eigenvalue weighted by atomic mass is 10.0. The van der Waals surface area contributed by atoms with Gasteiger partial charge in [-0.2, -0.15) is 5.10 Å². The summed E-state index contributed by atoms with van der Waals surface area (Å²) in [5.41, 5.74) is 4.71. The van der Waals surface area contributed by atoms with Crippen molar-refractivity contribution in [2.75, 3.05) is 6.54 Å². The molecule has 4 aromatic rings. The number of carbonyl (C=O) groups excluding carboxylic acids is 1. The summed E-state index contributed by atoms with van der Waals surface area (Å²) in [6.45, 7) is 0.490. The van der Waals surface area contributed by atoms with Gasteiger partial charge in [0.2, 0.25) is 0 Å². The number of pyridine rings is 1. The normalized spacial score (nSPS) is 10.5. The van der Waals surface area contributed by atoms with Crippen LogP contribution in [0.15, 0.2) is 84.2 Å². The quantitative estimate of drug-likeness (QED) is 0.448. The Kier molecular flexibility index (Phi) is 5.70.